The Morgan fingerprint density at radius 1 is 0.962 bits per heavy atom. The van der Waals surface area contributed by atoms with E-state index >= 15 is 0 Å². The molecule has 3 heteroatoms. The number of rotatable bonds is 6. The molecule has 26 heavy (non-hydrogen) atoms. The highest BCUT2D eigenvalue weighted by molar-refractivity contribution is 5.78. The van der Waals surface area contributed by atoms with E-state index in [2.05, 4.69) is 43.3 Å². The van der Waals surface area contributed by atoms with Crippen molar-refractivity contribution in [2.24, 2.45) is 0 Å². The maximum absolute atomic E-state index is 12.8. The quantitative estimate of drug-likeness (QED) is 0.739. The topological polar surface area (TPSA) is 29.5 Å². The first kappa shape index (κ1) is 18.5. The summed E-state index contributed by atoms with van der Waals surface area (Å²) in [4.78, 5) is 14.8. The van der Waals surface area contributed by atoms with E-state index < -0.39 is 0 Å². The summed E-state index contributed by atoms with van der Waals surface area (Å²) in [5, 5.41) is 0. The Morgan fingerprint density at radius 3 is 2.04 bits per heavy atom. The Bertz CT molecular complexity index is 713. The zero-order valence-corrected chi connectivity index (χ0v) is 16.1. The molecule has 0 bridgehead atoms. The largest absolute Gasteiger partial charge is 0.491 e. The van der Waals surface area contributed by atoms with Crippen LogP contribution in [0.3, 0.4) is 0 Å². The van der Waals surface area contributed by atoms with Crippen LogP contribution in [0.25, 0.3) is 0 Å². The molecular weight excluding hydrogens is 322 g/mol. The van der Waals surface area contributed by atoms with Crippen LogP contribution in [-0.2, 0) is 4.79 Å². The molecule has 1 aliphatic heterocycles. The van der Waals surface area contributed by atoms with Gasteiger partial charge in [0.05, 0.1) is 6.10 Å². The summed E-state index contributed by atoms with van der Waals surface area (Å²) in [7, 11) is 0. The predicted molar refractivity (Wildman–Crippen MR) is 106 cm³/mol. The molecule has 3 rings (SSSR count). The minimum Gasteiger partial charge on any atom is -0.491 e. The molecule has 0 radical (unpaired) electrons. The van der Waals surface area contributed by atoms with Gasteiger partial charge in [-0.05, 0) is 56.9 Å². The van der Waals surface area contributed by atoms with Crippen molar-refractivity contribution in [3.8, 4) is 5.75 Å². The van der Waals surface area contributed by atoms with Crippen LogP contribution in [0.2, 0.25) is 0 Å². The molecule has 1 atom stereocenters. The molecule has 3 nitrogen and oxygen atoms in total. The number of nitrogens with zero attached hydrogens (tertiary/aromatic N) is 1. The number of benzene rings is 2. The second-order valence-electron chi connectivity index (χ2n) is 7.49. The number of amides is 1. The third-order valence-electron chi connectivity index (χ3n) is 4.97. The van der Waals surface area contributed by atoms with Crippen LogP contribution in [0.15, 0.2) is 48.5 Å². The molecule has 1 amide bonds. The summed E-state index contributed by atoms with van der Waals surface area (Å²) in [5.41, 5.74) is 3.59. The molecule has 1 heterocycles. The molecule has 0 aliphatic carbocycles. The van der Waals surface area contributed by atoms with E-state index in [1.807, 2.05) is 30.9 Å². The summed E-state index contributed by atoms with van der Waals surface area (Å²) in [5.74, 6) is 1.21. The number of aryl methyl sites for hydroxylation is 1. The van der Waals surface area contributed by atoms with Crippen molar-refractivity contribution >= 4 is 5.91 Å². The lowest BCUT2D eigenvalue weighted by molar-refractivity contribution is -0.130. The molecule has 138 valence electrons. The first-order chi connectivity index (χ1) is 12.5. The smallest absolute Gasteiger partial charge is 0.223 e. The van der Waals surface area contributed by atoms with E-state index in [0.29, 0.717) is 6.42 Å². The van der Waals surface area contributed by atoms with Gasteiger partial charge >= 0.3 is 0 Å². The molecule has 2 aromatic carbocycles. The fourth-order valence-electron chi connectivity index (χ4n) is 3.55. The van der Waals surface area contributed by atoms with Crippen molar-refractivity contribution in [2.45, 2.75) is 52.1 Å². The van der Waals surface area contributed by atoms with Crippen LogP contribution in [0, 0.1) is 6.92 Å². The summed E-state index contributed by atoms with van der Waals surface area (Å²) in [6.45, 7) is 7.95. The van der Waals surface area contributed by atoms with Crippen molar-refractivity contribution < 1.29 is 9.53 Å². The zero-order chi connectivity index (χ0) is 18.5. The normalized spacial score (nSPS) is 15.3. The standard InChI is InChI=1S/C23H29NO2/c1-17(2)26-21-12-10-20(11-13-21)22(19-8-6-18(3)7-9-19)16-23(25)24-14-4-5-15-24/h6-13,17,22H,4-5,14-16H2,1-3H3/t22-/m0/s1. The van der Waals surface area contributed by atoms with Crippen LogP contribution >= 0.6 is 0 Å². The van der Waals surface area contributed by atoms with E-state index in [9.17, 15) is 4.79 Å². The maximum atomic E-state index is 12.8. The molecule has 0 aromatic heterocycles. The van der Waals surface area contributed by atoms with Crippen molar-refractivity contribution in [3.05, 3.63) is 65.2 Å². The van der Waals surface area contributed by atoms with Gasteiger partial charge in [0.15, 0.2) is 0 Å². The third kappa shape index (κ3) is 4.66. The van der Waals surface area contributed by atoms with Gasteiger partial charge in [-0.1, -0.05) is 42.0 Å². The van der Waals surface area contributed by atoms with Crippen molar-refractivity contribution in [2.75, 3.05) is 13.1 Å². The van der Waals surface area contributed by atoms with E-state index in [-0.39, 0.29) is 17.9 Å². The Balaban J connectivity index is 1.84. The molecule has 1 aliphatic rings. The van der Waals surface area contributed by atoms with Gasteiger partial charge in [0, 0.05) is 25.4 Å². The van der Waals surface area contributed by atoms with E-state index in [4.69, 9.17) is 4.74 Å². The summed E-state index contributed by atoms with van der Waals surface area (Å²) < 4.78 is 5.76. The molecule has 1 fully saturated rings. The zero-order valence-electron chi connectivity index (χ0n) is 16.1. The summed E-state index contributed by atoms with van der Waals surface area (Å²) >= 11 is 0. The molecular formula is C23H29NO2. The van der Waals surface area contributed by atoms with Gasteiger partial charge in [-0.3, -0.25) is 4.79 Å². The molecule has 0 spiro atoms. The van der Waals surface area contributed by atoms with Gasteiger partial charge in [-0.15, -0.1) is 0 Å². The SMILES string of the molecule is Cc1ccc([C@H](CC(=O)N2CCCC2)c2ccc(OC(C)C)cc2)cc1. The minimum atomic E-state index is 0.0804. The molecule has 2 aromatic rings. The van der Waals surface area contributed by atoms with Gasteiger partial charge in [0.1, 0.15) is 5.75 Å². The monoisotopic (exact) mass is 351 g/mol. The number of ether oxygens (including phenoxy) is 1. The van der Waals surface area contributed by atoms with E-state index in [0.717, 1.165) is 37.2 Å². The second kappa shape index (κ2) is 8.39. The van der Waals surface area contributed by atoms with Gasteiger partial charge in [0.2, 0.25) is 5.91 Å². The molecule has 1 saturated heterocycles. The Morgan fingerprint density at radius 2 is 1.50 bits per heavy atom. The Hall–Kier alpha value is -2.29. The lowest BCUT2D eigenvalue weighted by Crippen LogP contribution is -2.29. The average molecular weight is 351 g/mol. The Labute approximate surface area is 157 Å². The third-order valence-corrected chi connectivity index (χ3v) is 4.97. The minimum absolute atomic E-state index is 0.0804. The van der Waals surface area contributed by atoms with Gasteiger partial charge in [-0.2, -0.15) is 0 Å². The molecule has 0 N–H and O–H groups in total. The number of carbonyl (C=O) groups excluding carboxylic acids is 1. The lowest BCUT2D eigenvalue weighted by atomic mass is 9.87. The highest BCUT2D eigenvalue weighted by atomic mass is 16.5. The van der Waals surface area contributed by atoms with E-state index in [1.165, 1.54) is 11.1 Å². The van der Waals surface area contributed by atoms with Crippen LogP contribution < -0.4 is 4.74 Å². The number of hydrogen-bond donors (Lipinski definition) is 0. The Kier molecular flexibility index (Phi) is 5.97. The first-order valence-corrected chi connectivity index (χ1v) is 9.64. The lowest BCUT2D eigenvalue weighted by Gasteiger charge is -2.22. The van der Waals surface area contributed by atoms with Crippen LogP contribution in [-0.4, -0.2) is 30.0 Å². The number of carbonyl (C=O) groups is 1. The van der Waals surface area contributed by atoms with Crippen molar-refractivity contribution in [1.29, 1.82) is 0 Å². The van der Waals surface area contributed by atoms with Gasteiger partial charge < -0.3 is 9.64 Å². The highest BCUT2D eigenvalue weighted by Gasteiger charge is 2.24. The molecule has 0 unspecified atom stereocenters. The fraction of sp³-hybridized carbons (Fsp3) is 0.435. The van der Waals surface area contributed by atoms with Crippen LogP contribution in [0.5, 0.6) is 5.75 Å². The maximum Gasteiger partial charge on any atom is 0.223 e. The van der Waals surface area contributed by atoms with E-state index in [1.54, 1.807) is 0 Å². The first-order valence-electron chi connectivity index (χ1n) is 9.64. The van der Waals surface area contributed by atoms with Crippen LogP contribution in [0.4, 0.5) is 0 Å². The van der Waals surface area contributed by atoms with Gasteiger partial charge in [-0.25, -0.2) is 0 Å². The van der Waals surface area contributed by atoms with Gasteiger partial charge in [0.25, 0.3) is 0 Å². The number of hydrogen-bond acceptors (Lipinski definition) is 2. The predicted octanol–water partition coefficient (Wildman–Crippen LogP) is 4.93. The molecule has 0 saturated carbocycles. The van der Waals surface area contributed by atoms with Crippen molar-refractivity contribution in [1.82, 2.24) is 4.90 Å². The summed E-state index contributed by atoms with van der Waals surface area (Å²) in [6.07, 6.45) is 2.93. The summed E-state index contributed by atoms with van der Waals surface area (Å²) in [6, 6.07) is 16.8. The highest BCUT2D eigenvalue weighted by Crippen LogP contribution is 2.31. The van der Waals surface area contributed by atoms with Crippen molar-refractivity contribution in [3.63, 3.8) is 0 Å². The average Bonchev–Trinajstić information content (AvgIpc) is 3.16. The fourth-order valence-corrected chi connectivity index (χ4v) is 3.55. The number of likely N-dealkylation sites (tertiary alicyclic amines) is 1. The second-order valence-corrected chi connectivity index (χ2v) is 7.49. The van der Waals surface area contributed by atoms with Crippen LogP contribution in [0.1, 0.15) is 55.7 Å².